The van der Waals surface area contributed by atoms with Crippen molar-refractivity contribution in [1.82, 2.24) is 0 Å². The maximum Gasteiger partial charge on any atom is 0.119 e. The lowest BCUT2D eigenvalue weighted by molar-refractivity contribution is 0.182. The third-order valence-corrected chi connectivity index (χ3v) is 6.79. The maximum atomic E-state index is 10.3. The van der Waals surface area contributed by atoms with Crippen molar-refractivity contribution in [2.24, 2.45) is 0 Å². The van der Waals surface area contributed by atoms with Crippen molar-refractivity contribution in [2.45, 2.75) is 12.5 Å². The monoisotopic (exact) mass is 468 g/mol. The van der Waals surface area contributed by atoms with Gasteiger partial charge in [-0.05, 0) is 61.7 Å². The van der Waals surface area contributed by atoms with Crippen molar-refractivity contribution < 1.29 is 9.84 Å². The molecule has 0 saturated carbocycles. The Hall–Kier alpha value is 0.120. The van der Waals surface area contributed by atoms with E-state index in [2.05, 4.69) is 47.8 Å². The van der Waals surface area contributed by atoms with Gasteiger partial charge >= 0.3 is 0 Å². The van der Waals surface area contributed by atoms with Crippen molar-refractivity contribution >= 4 is 59.1 Å². The van der Waals surface area contributed by atoms with Crippen LogP contribution in [0.15, 0.2) is 37.0 Å². The largest absolute Gasteiger partial charge is 0.497 e. The van der Waals surface area contributed by atoms with E-state index < -0.39 is 6.10 Å². The van der Waals surface area contributed by atoms with E-state index in [-0.39, 0.29) is 0 Å². The SMILES string of the molecule is COc1ccc(Br)c(CC(O)c2cc(Br)c(Br)s2)c1. The van der Waals surface area contributed by atoms with Crippen molar-refractivity contribution in [2.75, 3.05) is 7.11 Å². The maximum absolute atomic E-state index is 10.3. The molecular formula is C13H11Br3O2S. The van der Waals surface area contributed by atoms with Gasteiger partial charge in [-0.2, -0.15) is 0 Å². The molecule has 1 aromatic carbocycles. The molecule has 1 heterocycles. The zero-order chi connectivity index (χ0) is 14.0. The van der Waals surface area contributed by atoms with Crippen molar-refractivity contribution in [3.63, 3.8) is 0 Å². The minimum absolute atomic E-state index is 0.531. The van der Waals surface area contributed by atoms with Gasteiger partial charge in [0.1, 0.15) is 5.75 Å². The van der Waals surface area contributed by atoms with Gasteiger partial charge in [0, 0.05) is 20.2 Å². The second kappa shape index (κ2) is 6.72. The lowest BCUT2D eigenvalue weighted by Gasteiger charge is -2.11. The molecule has 0 fully saturated rings. The smallest absolute Gasteiger partial charge is 0.119 e. The summed E-state index contributed by atoms with van der Waals surface area (Å²) in [6.07, 6.45) is 0.00739. The highest BCUT2D eigenvalue weighted by molar-refractivity contribution is 9.13. The number of hydrogen-bond acceptors (Lipinski definition) is 3. The van der Waals surface area contributed by atoms with Crippen molar-refractivity contribution in [1.29, 1.82) is 0 Å². The molecular weight excluding hydrogens is 460 g/mol. The zero-order valence-electron chi connectivity index (χ0n) is 9.99. The quantitative estimate of drug-likeness (QED) is 0.655. The van der Waals surface area contributed by atoms with E-state index in [9.17, 15) is 5.11 Å². The van der Waals surface area contributed by atoms with Gasteiger partial charge in [-0.3, -0.25) is 0 Å². The van der Waals surface area contributed by atoms with Crippen LogP contribution in [0.4, 0.5) is 0 Å². The summed E-state index contributed by atoms with van der Waals surface area (Å²) in [7, 11) is 1.64. The van der Waals surface area contributed by atoms with Crippen LogP contribution in [0.5, 0.6) is 5.75 Å². The number of methoxy groups -OCH3 is 1. The summed E-state index contributed by atoms with van der Waals surface area (Å²) in [4.78, 5) is 0.925. The number of aliphatic hydroxyl groups is 1. The van der Waals surface area contributed by atoms with Crippen LogP contribution < -0.4 is 4.74 Å². The summed E-state index contributed by atoms with van der Waals surface area (Å²) < 4.78 is 8.14. The number of rotatable bonds is 4. The number of aliphatic hydroxyl groups excluding tert-OH is 1. The molecule has 0 aliphatic carbocycles. The normalized spacial score (nSPS) is 12.5. The molecule has 0 amide bonds. The van der Waals surface area contributed by atoms with Crippen LogP contribution in [0, 0.1) is 0 Å². The van der Waals surface area contributed by atoms with Crippen LogP contribution in [0.1, 0.15) is 16.5 Å². The molecule has 0 aliphatic rings. The van der Waals surface area contributed by atoms with E-state index >= 15 is 0 Å². The third-order valence-electron chi connectivity index (χ3n) is 2.66. The minimum Gasteiger partial charge on any atom is -0.497 e. The van der Waals surface area contributed by atoms with Crippen LogP contribution in [-0.4, -0.2) is 12.2 Å². The van der Waals surface area contributed by atoms with Gasteiger partial charge in [0.15, 0.2) is 0 Å². The molecule has 1 unspecified atom stereocenters. The summed E-state index contributed by atoms with van der Waals surface area (Å²) >= 11 is 11.9. The molecule has 0 radical (unpaired) electrons. The first-order chi connectivity index (χ1) is 9.01. The molecule has 19 heavy (non-hydrogen) atoms. The van der Waals surface area contributed by atoms with Gasteiger partial charge in [0.25, 0.3) is 0 Å². The first kappa shape index (κ1) is 15.5. The van der Waals surface area contributed by atoms with Gasteiger partial charge < -0.3 is 9.84 Å². The number of halogens is 3. The Bertz CT molecular complexity index is 564. The Morgan fingerprint density at radius 3 is 2.53 bits per heavy atom. The van der Waals surface area contributed by atoms with Crippen LogP contribution in [0.3, 0.4) is 0 Å². The fourth-order valence-corrected chi connectivity index (χ4v) is 4.16. The van der Waals surface area contributed by atoms with Gasteiger partial charge in [-0.15, -0.1) is 11.3 Å². The van der Waals surface area contributed by atoms with Gasteiger partial charge in [-0.1, -0.05) is 15.9 Å². The van der Waals surface area contributed by atoms with Gasteiger partial charge in [0.05, 0.1) is 17.0 Å². The summed E-state index contributed by atoms with van der Waals surface area (Å²) in [6, 6.07) is 7.69. The Balaban J connectivity index is 2.20. The van der Waals surface area contributed by atoms with E-state index in [1.165, 1.54) is 11.3 Å². The predicted molar refractivity (Wildman–Crippen MR) is 89.1 cm³/mol. The molecule has 2 rings (SSSR count). The van der Waals surface area contributed by atoms with Crippen LogP contribution in [0.25, 0.3) is 0 Å². The second-order valence-electron chi connectivity index (χ2n) is 3.95. The van der Waals surface area contributed by atoms with Crippen molar-refractivity contribution in [3.8, 4) is 5.75 Å². The standard InChI is InChI=1S/C13H11Br3O2S/c1-18-8-2-3-9(14)7(4-8)5-11(17)12-6-10(15)13(16)19-12/h2-4,6,11,17H,5H2,1H3. The van der Waals surface area contributed by atoms with Crippen LogP contribution >= 0.6 is 59.1 Å². The lowest BCUT2D eigenvalue weighted by atomic mass is 10.1. The summed E-state index contributed by atoms with van der Waals surface area (Å²) in [5.74, 6) is 0.791. The highest BCUT2D eigenvalue weighted by Crippen LogP contribution is 2.37. The highest BCUT2D eigenvalue weighted by atomic mass is 79.9. The predicted octanol–water partition coefficient (Wildman–Crippen LogP) is 5.32. The minimum atomic E-state index is -0.531. The molecule has 0 saturated heterocycles. The van der Waals surface area contributed by atoms with E-state index in [0.29, 0.717) is 6.42 Å². The fraction of sp³-hybridized carbons (Fsp3) is 0.231. The first-order valence-corrected chi connectivity index (χ1v) is 8.66. The molecule has 6 heteroatoms. The Kier molecular flexibility index (Phi) is 5.48. The van der Waals surface area contributed by atoms with E-state index in [1.54, 1.807) is 7.11 Å². The summed E-state index contributed by atoms with van der Waals surface area (Å²) in [6.45, 7) is 0. The Morgan fingerprint density at radius 1 is 1.21 bits per heavy atom. The molecule has 0 spiro atoms. The Morgan fingerprint density at radius 2 is 1.95 bits per heavy atom. The number of benzene rings is 1. The topological polar surface area (TPSA) is 29.5 Å². The first-order valence-electron chi connectivity index (χ1n) is 5.46. The molecule has 2 nitrogen and oxygen atoms in total. The van der Waals surface area contributed by atoms with Gasteiger partial charge in [0.2, 0.25) is 0 Å². The lowest BCUT2D eigenvalue weighted by Crippen LogP contribution is -2.00. The van der Waals surface area contributed by atoms with Gasteiger partial charge in [-0.25, -0.2) is 0 Å². The fourth-order valence-electron chi connectivity index (χ4n) is 1.67. The van der Waals surface area contributed by atoms with E-state index in [1.807, 2.05) is 24.3 Å². The number of ether oxygens (including phenoxy) is 1. The summed E-state index contributed by atoms with van der Waals surface area (Å²) in [5, 5.41) is 10.3. The van der Waals surface area contributed by atoms with E-state index in [4.69, 9.17) is 4.74 Å². The average molecular weight is 471 g/mol. The molecule has 102 valence electrons. The second-order valence-corrected chi connectivity index (χ2v) is 8.06. The molecule has 1 atom stereocenters. The highest BCUT2D eigenvalue weighted by Gasteiger charge is 2.15. The molecule has 2 aromatic rings. The number of thiophene rings is 1. The Labute approximate surface area is 141 Å². The van der Waals surface area contributed by atoms with E-state index in [0.717, 1.165) is 28.9 Å². The molecule has 1 aromatic heterocycles. The molecule has 1 N–H and O–H groups in total. The molecule has 0 aliphatic heterocycles. The van der Waals surface area contributed by atoms with Crippen LogP contribution in [0.2, 0.25) is 0 Å². The molecule has 0 bridgehead atoms. The third kappa shape index (κ3) is 3.82. The number of hydrogen-bond donors (Lipinski definition) is 1. The zero-order valence-corrected chi connectivity index (χ0v) is 15.6. The van der Waals surface area contributed by atoms with Crippen molar-refractivity contribution in [3.05, 3.63) is 47.4 Å². The average Bonchev–Trinajstić information content (AvgIpc) is 2.72. The summed E-state index contributed by atoms with van der Waals surface area (Å²) in [5.41, 5.74) is 1.02. The van der Waals surface area contributed by atoms with Crippen LogP contribution in [-0.2, 0) is 6.42 Å².